The number of halogens is 1. The standard InChI is InChI=1S/C19H24BrN3O/c1-11-4-5-15(13(3)12(11)2)10-24-17-8-18-21-22-19(20)23(18)9-16(17)14-6-7-14/h8-9,11,13-15H,2,4-7,10H2,1,3H3/t11-,13-,15-/m1/s1. The van der Waals surface area contributed by atoms with E-state index in [1.54, 1.807) is 0 Å². The molecular weight excluding hydrogens is 366 g/mol. The fourth-order valence-electron chi connectivity index (χ4n) is 3.81. The second-order valence-electron chi connectivity index (χ2n) is 7.48. The highest BCUT2D eigenvalue weighted by Gasteiger charge is 2.31. The summed E-state index contributed by atoms with van der Waals surface area (Å²) < 4.78 is 9.05. The first-order chi connectivity index (χ1) is 11.5. The number of nitrogens with zero attached hydrogens (tertiary/aromatic N) is 3. The van der Waals surface area contributed by atoms with Crippen molar-refractivity contribution in [2.75, 3.05) is 6.61 Å². The molecule has 0 unspecified atom stereocenters. The van der Waals surface area contributed by atoms with Crippen molar-refractivity contribution in [1.82, 2.24) is 14.6 Å². The van der Waals surface area contributed by atoms with Crippen LogP contribution >= 0.6 is 15.9 Å². The number of pyridine rings is 1. The van der Waals surface area contributed by atoms with Gasteiger partial charge in [-0.3, -0.25) is 4.40 Å². The van der Waals surface area contributed by atoms with Gasteiger partial charge >= 0.3 is 0 Å². The van der Waals surface area contributed by atoms with Gasteiger partial charge in [0, 0.05) is 17.8 Å². The normalized spacial score (nSPS) is 27.6. The van der Waals surface area contributed by atoms with E-state index < -0.39 is 0 Å². The Labute approximate surface area is 151 Å². The number of ether oxygens (including phenoxy) is 1. The van der Waals surface area contributed by atoms with Crippen LogP contribution in [0, 0.1) is 17.8 Å². The van der Waals surface area contributed by atoms with E-state index in [2.05, 4.69) is 52.8 Å². The summed E-state index contributed by atoms with van der Waals surface area (Å²) >= 11 is 3.46. The van der Waals surface area contributed by atoms with Crippen LogP contribution in [0.5, 0.6) is 5.75 Å². The predicted molar refractivity (Wildman–Crippen MR) is 98.3 cm³/mol. The number of fused-ring (bicyclic) bond motifs is 1. The van der Waals surface area contributed by atoms with Gasteiger partial charge in [0.15, 0.2) is 5.65 Å². The average molecular weight is 390 g/mol. The maximum atomic E-state index is 6.31. The van der Waals surface area contributed by atoms with Gasteiger partial charge in [0.25, 0.3) is 0 Å². The maximum Gasteiger partial charge on any atom is 0.204 e. The van der Waals surface area contributed by atoms with Crippen LogP contribution in [0.15, 0.2) is 29.1 Å². The van der Waals surface area contributed by atoms with Crippen LogP contribution < -0.4 is 4.74 Å². The molecule has 3 atom stereocenters. The molecule has 0 N–H and O–H groups in total. The van der Waals surface area contributed by atoms with Crippen LogP contribution in [0.2, 0.25) is 0 Å². The zero-order valence-electron chi connectivity index (χ0n) is 14.3. The van der Waals surface area contributed by atoms with E-state index in [4.69, 9.17) is 4.74 Å². The van der Waals surface area contributed by atoms with Crippen LogP contribution in [0.3, 0.4) is 0 Å². The maximum absolute atomic E-state index is 6.31. The summed E-state index contributed by atoms with van der Waals surface area (Å²) in [6.45, 7) is 9.65. The molecule has 2 heterocycles. The van der Waals surface area contributed by atoms with Gasteiger partial charge in [-0.25, -0.2) is 0 Å². The molecule has 0 spiro atoms. The Morgan fingerprint density at radius 1 is 1.25 bits per heavy atom. The molecule has 0 amide bonds. The van der Waals surface area contributed by atoms with Crippen LogP contribution in [0.25, 0.3) is 5.65 Å². The second-order valence-corrected chi connectivity index (χ2v) is 8.19. The van der Waals surface area contributed by atoms with Crippen molar-refractivity contribution < 1.29 is 4.74 Å². The van der Waals surface area contributed by atoms with Crippen molar-refractivity contribution >= 4 is 21.6 Å². The third-order valence-corrected chi connectivity index (χ3v) is 6.40. The van der Waals surface area contributed by atoms with Gasteiger partial charge in [-0.15, -0.1) is 10.2 Å². The summed E-state index contributed by atoms with van der Waals surface area (Å²) in [4.78, 5) is 0. The minimum Gasteiger partial charge on any atom is -0.493 e. The summed E-state index contributed by atoms with van der Waals surface area (Å²) in [5, 5.41) is 8.30. The smallest absolute Gasteiger partial charge is 0.204 e. The molecule has 2 aliphatic carbocycles. The van der Waals surface area contributed by atoms with E-state index >= 15 is 0 Å². The van der Waals surface area contributed by atoms with E-state index in [1.807, 2.05) is 10.5 Å². The second kappa shape index (κ2) is 6.17. The lowest BCUT2D eigenvalue weighted by Gasteiger charge is -2.34. The average Bonchev–Trinajstić information content (AvgIpc) is 3.36. The van der Waals surface area contributed by atoms with E-state index in [9.17, 15) is 0 Å². The predicted octanol–water partition coefficient (Wildman–Crippen LogP) is 4.99. The number of hydrogen-bond donors (Lipinski definition) is 0. The van der Waals surface area contributed by atoms with Crippen molar-refractivity contribution in [1.29, 1.82) is 0 Å². The summed E-state index contributed by atoms with van der Waals surface area (Å²) in [5.41, 5.74) is 3.50. The molecule has 24 heavy (non-hydrogen) atoms. The minimum absolute atomic E-state index is 0.532. The van der Waals surface area contributed by atoms with Crippen LogP contribution in [-0.2, 0) is 0 Å². The van der Waals surface area contributed by atoms with E-state index in [1.165, 1.54) is 36.8 Å². The number of allylic oxidation sites excluding steroid dienone is 1. The molecule has 2 saturated carbocycles. The zero-order valence-corrected chi connectivity index (χ0v) is 15.9. The molecule has 2 aromatic heterocycles. The minimum atomic E-state index is 0.532. The zero-order chi connectivity index (χ0) is 16.8. The lowest BCUT2D eigenvalue weighted by molar-refractivity contribution is 0.174. The summed E-state index contributed by atoms with van der Waals surface area (Å²) in [5.74, 6) is 3.34. The van der Waals surface area contributed by atoms with Crippen LogP contribution in [0.1, 0.15) is 51.0 Å². The number of aromatic nitrogens is 3. The molecule has 2 aliphatic rings. The molecule has 2 fully saturated rings. The number of hydrogen-bond acceptors (Lipinski definition) is 3. The molecule has 0 bridgehead atoms. The SMILES string of the molecule is C=C1[C@H](C)CC[C@H](COc2cc3nnc(Br)n3cc2C2CC2)[C@@H]1C. The van der Waals surface area contributed by atoms with Gasteiger partial charge in [0.2, 0.25) is 4.73 Å². The lowest BCUT2D eigenvalue weighted by atomic mass is 9.73. The molecule has 0 saturated heterocycles. The van der Waals surface area contributed by atoms with Gasteiger partial charge in [-0.05, 0) is 65.3 Å². The van der Waals surface area contributed by atoms with Crippen molar-refractivity contribution in [2.45, 2.75) is 45.4 Å². The molecule has 0 aromatic carbocycles. The van der Waals surface area contributed by atoms with Gasteiger partial charge in [0.1, 0.15) is 5.75 Å². The molecule has 5 heteroatoms. The fourth-order valence-corrected chi connectivity index (χ4v) is 4.17. The highest BCUT2D eigenvalue weighted by molar-refractivity contribution is 9.10. The largest absolute Gasteiger partial charge is 0.493 e. The van der Waals surface area contributed by atoms with Crippen molar-refractivity contribution in [2.24, 2.45) is 17.8 Å². The topological polar surface area (TPSA) is 39.4 Å². The van der Waals surface area contributed by atoms with Crippen molar-refractivity contribution in [3.8, 4) is 5.75 Å². The van der Waals surface area contributed by atoms with E-state index in [0.29, 0.717) is 23.7 Å². The van der Waals surface area contributed by atoms with Gasteiger partial charge in [-0.1, -0.05) is 26.0 Å². The third-order valence-electron chi connectivity index (χ3n) is 5.86. The monoisotopic (exact) mass is 389 g/mol. The Balaban J connectivity index is 1.56. The molecule has 4 nitrogen and oxygen atoms in total. The molecule has 128 valence electrons. The number of rotatable bonds is 4. The Bertz CT molecular complexity index is 780. The quantitative estimate of drug-likeness (QED) is 0.691. The Morgan fingerprint density at radius 2 is 2.04 bits per heavy atom. The first-order valence-corrected chi connectivity index (χ1v) is 9.69. The summed E-state index contributed by atoms with van der Waals surface area (Å²) in [6.07, 6.45) is 7.07. The van der Waals surface area contributed by atoms with Crippen molar-refractivity contribution in [3.63, 3.8) is 0 Å². The van der Waals surface area contributed by atoms with Gasteiger partial charge in [0.05, 0.1) is 6.61 Å². The molecule has 2 aromatic rings. The van der Waals surface area contributed by atoms with Gasteiger partial charge in [-0.2, -0.15) is 0 Å². The first kappa shape index (κ1) is 16.1. The summed E-state index contributed by atoms with van der Waals surface area (Å²) in [6, 6.07) is 2.04. The van der Waals surface area contributed by atoms with Crippen molar-refractivity contribution in [3.05, 3.63) is 34.7 Å². The van der Waals surface area contributed by atoms with Crippen LogP contribution in [0.4, 0.5) is 0 Å². The van der Waals surface area contributed by atoms with Crippen LogP contribution in [-0.4, -0.2) is 21.2 Å². The molecule has 4 rings (SSSR count). The molecule has 0 radical (unpaired) electrons. The highest BCUT2D eigenvalue weighted by Crippen LogP contribution is 2.45. The first-order valence-electron chi connectivity index (χ1n) is 8.90. The molecular formula is C19H24BrN3O. The van der Waals surface area contributed by atoms with E-state index in [-0.39, 0.29) is 0 Å². The molecule has 0 aliphatic heterocycles. The third kappa shape index (κ3) is 2.87. The highest BCUT2D eigenvalue weighted by atomic mass is 79.9. The Morgan fingerprint density at radius 3 is 2.79 bits per heavy atom. The summed E-state index contributed by atoms with van der Waals surface area (Å²) in [7, 11) is 0. The Kier molecular flexibility index (Phi) is 4.15. The fraction of sp³-hybridized carbons (Fsp3) is 0.579. The van der Waals surface area contributed by atoms with Gasteiger partial charge < -0.3 is 4.74 Å². The Hall–Kier alpha value is -1.36. The lowest BCUT2D eigenvalue weighted by Crippen LogP contribution is -2.28. The van der Waals surface area contributed by atoms with E-state index in [0.717, 1.165) is 22.7 Å².